The second-order valence-electron chi connectivity index (χ2n) is 12.9. The van der Waals surface area contributed by atoms with Crippen LogP contribution in [0.5, 0.6) is 28.7 Å². The van der Waals surface area contributed by atoms with E-state index in [2.05, 4.69) is 0 Å². The van der Waals surface area contributed by atoms with Crippen LogP contribution in [0.3, 0.4) is 0 Å². The highest BCUT2D eigenvalue weighted by Gasteiger charge is 2.23. The quantitative estimate of drug-likeness (QED) is 0.0810. The predicted molar refractivity (Wildman–Crippen MR) is 216 cm³/mol. The van der Waals surface area contributed by atoms with Crippen molar-refractivity contribution in [3.05, 3.63) is 184 Å². The zero-order valence-electron chi connectivity index (χ0n) is 30.9. The fourth-order valence-corrected chi connectivity index (χ4v) is 5.98. The van der Waals surface area contributed by atoms with E-state index < -0.39 is 5.43 Å². The molecule has 0 fully saturated rings. The summed E-state index contributed by atoms with van der Waals surface area (Å²) in [5.41, 5.74) is 9.94. The molecule has 2 N–H and O–H groups in total. The fourth-order valence-electron chi connectivity index (χ4n) is 5.98. The van der Waals surface area contributed by atoms with Gasteiger partial charge in [-0.25, -0.2) is 0 Å². The normalized spacial score (nSPS) is 10.9. The molecule has 0 aliphatic rings. The molecular formula is C47H43NO8. The summed E-state index contributed by atoms with van der Waals surface area (Å²) < 4.78 is 43.7. The predicted octanol–water partition coefficient (Wildman–Crippen LogP) is 9.13. The van der Waals surface area contributed by atoms with Crippen LogP contribution in [-0.2, 0) is 31.2 Å². The van der Waals surface area contributed by atoms with Crippen molar-refractivity contribution in [1.29, 1.82) is 0 Å². The van der Waals surface area contributed by atoms with E-state index >= 15 is 0 Å². The van der Waals surface area contributed by atoms with Crippen LogP contribution < -0.4 is 34.8 Å². The van der Waals surface area contributed by atoms with Crippen molar-refractivity contribution in [1.82, 2.24) is 0 Å². The molecule has 0 saturated carbocycles. The largest absolute Gasteiger partial charge is 0.489 e. The van der Waals surface area contributed by atoms with Crippen molar-refractivity contribution >= 4 is 11.0 Å². The summed E-state index contributed by atoms with van der Waals surface area (Å²) in [6.45, 7) is 2.17. The molecule has 7 aromatic rings. The number of ether oxygens (including phenoxy) is 6. The van der Waals surface area contributed by atoms with Gasteiger partial charge in [0.05, 0.1) is 13.2 Å². The van der Waals surface area contributed by atoms with Crippen LogP contribution in [0, 0.1) is 0 Å². The molecule has 7 rings (SSSR count). The Morgan fingerprint density at radius 2 is 1.00 bits per heavy atom. The van der Waals surface area contributed by atoms with Crippen LogP contribution >= 0.6 is 0 Å². The van der Waals surface area contributed by atoms with Crippen molar-refractivity contribution < 1.29 is 32.8 Å². The van der Waals surface area contributed by atoms with Gasteiger partial charge in [-0.3, -0.25) is 4.79 Å². The molecule has 1 heterocycles. The Labute approximate surface area is 325 Å². The van der Waals surface area contributed by atoms with E-state index in [1.54, 1.807) is 18.2 Å². The number of fused-ring (bicyclic) bond motifs is 1. The zero-order valence-corrected chi connectivity index (χ0v) is 30.9. The highest BCUT2D eigenvalue weighted by atomic mass is 16.5. The summed E-state index contributed by atoms with van der Waals surface area (Å²) in [5, 5.41) is 0.220. The highest BCUT2D eigenvalue weighted by Crippen LogP contribution is 2.40. The first-order valence-corrected chi connectivity index (χ1v) is 18.5. The average molecular weight is 750 g/mol. The average Bonchev–Trinajstić information content (AvgIpc) is 3.25. The standard InChI is InChI=1S/C47H43NO8/c48-23-24-50-25-26-51-47-45(49)44-42(55-33-37-19-11-4-12-20-37)28-39(52-30-34-13-5-1-6-14-34)29-43(44)56-46(47)38-21-22-40(53-31-35-15-7-2-8-16-35)41(27-38)54-32-36-17-9-3-10-18-36/h1-22,27-29H,23-26,30-33,48H2. The van der Waals surface area contributed by atoms with E-state index in [4.69, 9.17) is 38.6 Å². The number of hydrogen-bond acceptors (Lipinski definition) is 9. The molecule has 0 spiro atoms. The van der Waals surface area contributed by atoms with E-state index in [9.17, 15) is 4.79 Å². The number of benzene rings is 6. The molecule has 6 aromatic carbocycles. The molecule has 0 radical (unpaired) electrons. The Hall–Kier alpha value is -6.55. The van der Waals surface area contributed by atoms with Crippen molar-refractivity contribution in [3.63, 3.8) is 0 Å². The van der Waals surface area contributed by atoms with Crippen LogP contribution in [0.25, 0.3) is 22.3 Å². The molecule has 0 bridgehead atoms. The molecule has 56 heavy (non-hydrogen) atoms. The molecule has 0 amide bonds. The summed E-state index contributed by atoms with van der Waals surface area (Å²) in [6.07, 6.45) is 0. The van der Waals surface area contributed by atoms with Crippen molar-refractivity contribution in [2.45, 2.75) is 26.4 Å². The number of nitrogens with two attached hydrogens (primary N) is 1. The Kier molecular flexibility index (Phi) is 12.9. The van der Waals surface area contributed by atoms with Crippen molar-refractivity contribution in [2.24, 2.45) is 5.73 Å². The van der Waals surface area contributed by atoms with E-state index in [-0.39, 0.29) is 42.3 Å². The van der Waals surface area contributed by atoms with Gasteiger partial charge in [-0.15, -0.1) is 0 Å². The molecule has 0 aliphatic heterocycles. The summed E-state index contributed by atoms with van der Waals surface area (Å²) in [6, 6.07) is 48.2. The first-order valence-electron chi connectivity index (χ1n) is 18.5. The van der Waals surface area contributed by atoms with Crippen LogP contribution in [-0.4, -0.2) is 26.4 Å². The molecule has 9 heteroatoms. The summed E-state index contributed by atoms with van der Waals surface area (Å²) in [7, 11) is 0. The summed E-state index contributed by atoms with van der Waals surface area (Å²) >= 11 is 0. The van der Waals surface area contributed by atoms with E-state index in [1.807, 2.05) is 133 Å². The van der Waals surface area contributed by atoms with Gasteiger partial charge in [-0.05, 0) is 40.5 Å². The van der Waals surface area contributed by atoms with Gasteiger partial charge < -0.3 is 38.6 Å². The SMILES string of the molecule is NCCOCCOc1c(-c2ccc(OCc3ccccc3)c(OCc3ccccc3)c2)oc2cc(OCc3ccccc3)cc(OCc3ccccc3)c2c1=O. The number of hydrogen-bond donors (Lipinski definition) is 1. The highest BCUT2D eigenvalue weighted by molar-refractivity contribution is 5.89. The molecule has 0 aliphatic carbocycles. The minimum Gasteiger partial charge on any atom is -0.489 e. The molecule has 0 unspecified atom stereocenters. The van der Waals surface area contributed by atoms with Gasteiger partial charge >= 0.3 is 0 Å². The van der Waals surface area contributed by atoms with Gasteiger partial charge in [0.2, 0.25) is 11.2 Å². The smallest absolute Gasteiger partial charge is 0.239 e. The molecule has 1 aromatic heterocycles. The van der Waals surface area contributed by atoms with Gasteiger partial charge in [0.1, 0.15) is 55.5 Å². The maximum atomic E-state index is 14.7. The van der Waals surface area contributed by atoms with E-state index in [0.717, 1.165) is 22.3 Å². The Balaban J connectivity index is 1.31. The maximum Gasteiger partial charge on any atom is 0.239 e. The first-order chi connectivity index (χ1) is 27.6. The second kappa shape index (κ2) is 19.2. The van der Waals surface area contributed by atoms with Crippen LogP contribution in [0.15, 0.2) is 161 Å². The lowest BCUT2D eigenvalue weighted by Gasteiger charge is -2.17. The third kappa shape index (κ3) is 9.95. The molecule has 9 nitrogen and oxygen atoms in total. The van der Waals surface area contributed by atoms with Gasteiger partial charge in [-0.2, -0.15) is 0 Å². The molecule has 0 saturated heterocycles. The third-order valence-corrected chi connectivity index (χ3v) is 8.79. The van der Waals surface area contributed by atoms with Crippen LogP contribution in [0.2, 0.25) is 0 Å². The Morgan fingerprint density at radius 3 is 1.55 bits per heavy atom. The Bertz CT molecular complexity index is 2350. The van der Waals surface area contributed by atoms with Gasteiger partial charge in [0, 0.05) is 24.2 Å². The van der Waals surface area contributed by atoms with Gasteiger partial charge in [0.25, 0.3) is 0 Å². The monoisotopic (exact) mass is 749 g/mol. The van der Waals surface area contributed by atoms with Crippen molar-refractivity contribution in [2.75, 3.05) is 26.4 Å². The Morgan fingerprint density at radius 1 is 0.482 bits per heavy atom. The molecule has 284 valence electrons. The van der Waals surface area contributed by atoms with Crippen LogP contribution in [0.1, 0.15) is 22.3 Å². The minimum atomic E-state index is -0.408. The lowest BCUT2D eigenvalue weighted by molar-refractivity contribution is 0.105. The zero-order chi connectivity index (χ0) is 38.4. The first kappa shape index (κ1) is 37.8. The lowest BCUT2D eigenvalue weighted by atomic mass is 10.1. The number of rotatable bonds is 19. The van der Waals surface area contributed by atoms with E-state index in [1.165, 1.54) is 0 Å². The topological polar surface area (TPSA) is 112 Å². The van der Waals surface area contributed by atoms with Gasteiger partial charge in [-0.1, -0.05) is 121 Å². The van der Waals surface area contributed by atoms with Crippen molar-refractivity contribution in [3.8, 4) is 40.1 Å². The summed E-state index contributed by atoms with van der Waals surface area (Å²) in [4.78, 5) is 14.7. The molecule has 0 atom stereocenters. The van der Waals surface area contributed by atoms with E-state index in [0.29, 0.717) is 61.5 Å². The summed E-state index contributed by atoms with van der Waals surface area (Å²) in [5.74, 6) is 1.98. The third-order valence-electron chi connectivity index (χ3n) is 8.79. The molecular weight excluding hydrogens is 707 g/mol. The second-order valence-corrected chi connectivity index (χ2v) is 12.9. The fraction of sp³-hybridized carbons (Fsp3) is 0.170. The van der Waals surface area contributed by atoms with Crippen LogP contribution in [0.4, 0.5) is 0 Å². The van der Waals surface area contributed by atoms with Gasteiger partial charge in [0.15, 0.2) is 17.3 Å². The minimum absolute atomic E-state index is 0.00308. The lowest BCUT2D eigenvalue weighted by Crippen LogP contribution is -2.17. The maximum absolute atomic E-state index is 14.7.